The van der Waals surface area contributed by atoms with Crippen molar-refractivity contribution in [2.24, 2.45) is 0 Å². The summed E-state index contributed by atoms with van der Waals surface area (Å²) in [5.74, 6) is 0. The molecule has 0 N–H and O–H groups in total. The molecule has 0 radical (unpaired) electrons. The van der Waals surface area contributed by atoms with Gasteiger partial charge < -0.3 is 4.90 Å². The fraction of sp³-hybridized carbons (Fsp3) is 0.583. The number of benzene rings is 1. The highest BCUT2D eigenvalue weighted by molar-refractivity contribution is 7.17. The number of carbonyl (C=O) groups excluding carboxylic acids is 1. The molecular formula is C24H36N2OS. The van der Waals surface area contributed by atoms with E-state index >= 15 is 0 Å². The van der Waals surface area contributed by atoms with E-state index in [1.807, 2.05) is 0 Å². The summed E-state index contributed by atoms with van der Waals surface area (Å²) in [7, 11) is 0. The minimum Gasteiger partial charge on any atom is -0.348 e. The third-order valence-corrected chi connectivity index (χ3v) is 6.39. The van der Waals surface area contributed by atoms with E-state index in [9.17, 15) is 4.79 Å². The summed E-state index contributed by atoms with van der Waals surface area (Å²) in [6.07, 6.45) is 8.58. The molecule has 2 rings (SSSR count). The molecule has 154 valence electrons. The Kier molecular flexibility index (Phi) is 9.17. The Hall–Kier alpha value is -1.68. The zero-order chi connectivity index (χ0) is 20.5. The van der Waals surface area contributed by atoms with E-state index in [0.717, 1.165) is 67.2 Å². The van der Waals surface area contributed by atoms with Crippen LogP contribution in [0.25, 0.3) is 11.3 Å². The minimum absolute atomic E-state index is 0.765. The van der Waals surface area contributed by atoms with Gasteiger partial charge in [-0.25, -0.2) is 4.98 Å². The first-order chi connectivity index (χ1) is 13.6. The van der Waals surface area contributed by atoms with E-state index in [4.69, 9.17) is 4.98 Å². The molecule has 1 aromatic heterocycles. The Labute approximate surface area is 175 Å². The highest BCUT2D eigenvalue weighted by Gasteiger charge is 2.21. The predicted molar refractivity (Wildman–Crippen MR) is 123 cm³/mol. The van der Waals surface area contributed by atoms with E-state index in [-0.39, 0.29) is 0 Å². The number of thiazole rings is 1. The molecular weight excluding hydrogens is 364 g/mol. The maximum atomic E-state index is 11.9. The molecule has 0 aliphatic rings. The Morgan fingerprint density at radius 3 is 1.93 bits per heavy atom. The first-order valence-electron chi connectivity index (χ1n) is 11.0. The Morgan fingerprint density at radius 2 is 1.50 bits per heavy atom. The van der Waals surface area contributed by atoms with Crippen molar-refractivity contribution in [1.82, 2.24) is 4.98 Å². The van der Waals surface area contributed by atoms with E-state index in [0.29, 0.717) is 0 Å². The molecule has 0 amide bonds. The van der Waals surface area contributed by atoms with Crippen LogP contribution in [0.1, 0.15) is 86.7 Å². The van der Waals surface area contributed by atoms with Crippen LogP contribution >= 0.6 is 11.3 Å². The number of hydrogen-bond acceptors (Lipinski definition) is 4. The van der Waals surface area contributed by atoms with Crippen LogP contribution in [0.4, 0.5) is 5.13 Å². The molecule has 0 aliphatic carbocycles. The third kappa shape index (κ3) is 5.22. The van der Waals surface area contributed by atoms with Crippen LogP contribution < -0.4 is 4.90 Å². The second-order valence-corrected chi connectivity index (χ2v) is 8.38. The fourth-order valence-corrected chi connectivity index (χ4v) is 4.56. The molecule has 0 fully saturated rings. The minimum atomic E-state index is 0.765. The van der Waals surface area contributed by atoms with Gasteiger partial charge in [0.2, 0.25) is 0 Å². The number of rotatable bonds is 12. The average molecular weight is 401 g/mol. The summed E-state index contributed by atoms with van der Waals surface area (Å²) in [5, 5.41) is 1.00. The predicted octanol–water partition coefficient (Wildman–Crippen LogP) is 6.72. The molecule has 0 unspecified atom stereocenters. The van der Waals surface area contributed by atoms with Gasteiger partial charge in [0.1, 0.15) is 0 Å². The van der Waals surface area contributed by atoms with E-state index < -0.39 is 0 Å². The molecule has 1 heterocycles. The lowest BCUT2D eigenvalue weighted by Gasteiger charge is -2.21. The maximum absolute atomic E-state index is 11.9. The molecule has 2 aromatic rings. The molecule has 0 bridgehead atoms. The lowest BCUT2D eigenvalue weighted by atomic mass is 9.91. The van der Waals surface area contributed by atoms with Crippen molar-refractivity contribution in [1.29, 1.82) is 0 Å². The first kappa shape index (κ1) is 22.6. The summed E-state index contributed by atoms with van der Waals surface area (Å²) in [6, 6.07) is 4.60. The van der Waals surface area contributed by atoms with Crippen LogP contribution in [0.15, 0.2) is 12.1 Å². The average Bonchev–Trinajstić information content (AvgIpc) is 3.16. The van der Waals surface area contributed by atoms with Gasteiger partial charge >= 0.3 is 0 Å². The largest absolute Gasteiger partial charge is 0.348 e. The maximum Gasteiger partial charge on any atom is 0.186 e. The zero-order valence-corrected chi connectivity index (χ0v) is 19.1. The van der Waals surface area contributed by atoms with E-state index in [1.165, 1.54) is 35.1 Å². The first-order valence-corrected chi connectivity index (χ1v) is 11.8. The van der Waals surface area contributed by atoms with Gasteiger partial charge in [-0.3, -0.25) is 4.79 Å². The Morgan fingerprint density at radius 1 is 0.929 bits per heavy atom. The summed E-state index contributed by atoms with van der Waals surface area (Å²) < 4.78 is 0. The van der Waals surface area contributed by atoms with Crippen molar-refractivity contribution in [3.63, 3.8) is 0 Å². The van der Waals surface area contributed by atoms with Crippen LogP contribution in [0.3, 0.4) is 0 Å². The molecule has 0 saturated heterocycles. The molecule has 0 atom stereocenters. The van der Waals surface area contributed by atoms with E-state index in [2.05, 4.69) is 51.7 Å². The number of carbonyl (C=O) groups is 1. The van der Waals surface area contributed by atoms with Crippen LogP contribution in [-0.2, 0) is 19.3 Å². The third-order valence-electron chi connectivity index (χ3n) is 5.35. The van der Waals surface area contributed by atoms with Gasteiger partial charge in [0.05, 0.1) is 10.6 Å². The summed E-state index contributed by atoms with van der Waals surface area (Å²) in [4.78, 5) is 20.1. The number of aldehydes is 1. The molecule has 0 spiro atoms. The van der Waals surface area contributed by atoms with Crippen LogP contribution in [0.5, 0.6) is 0 Å². The SMILES string of the molecule is CCCCN(CCCC)c1nc(-c2c(CC)cc(CC)cc2CC)c(C=O)s1. The van der Waals surface area contributed by atoms with Crippen molar-refractivity contribution in [2.45, 2.75) is 79.6 Å². The van der Waals surface area contributed by atoms with Gasteiger partial charge in [-0.05, 0) is 48.8 Å². The molecule has 0 aliphatic heterocycles. The second-order valence-electron chi connectivity index (χ2n) is 7.37. The number of anilines is 1. The Balaban J connectivity index is 2.56. The van der Waals surface area contributed by atoms with Crippen molar-refractivity contribution in [2.75, 3.05) is 18.0 Å². The summed E-state index contributed by atoms with van der Waals surface area (Å²) in [6.45, 7) is 13.1. The monoisotopic (exact) mass is 400 g/mol. The zero-order valence-electron chi connectivity index (χ0n) is 18.3. The van der Waals surface area contributed by atoms with Crippen LogP contribution in [-0.4, -0.2) is 24.4 Å². The van der Waals surface area contributed by atoms with Crippen molar-refractivity contribution in [3.05, 3.63) is 33.7 Å². The van der Waals surface area contributed by atoms with Crippen molar-refractivity contribution in [3.8, 4) is 11.3 Å². The number of aromatic nitrogens is 1. The Bertz CT molecular complexity index is 733. The molecule has 4 heteroatoms. The highest BCUT2D eigenvalue weighted by atomic mass is 32.1. The van der Waals surface area contributed by atoms with Gasteiger partial charge in [0, 0.05) is 18.7 Å². The van der Waals surface area contributed by atoms with Crippen molar-refractivity contribution >= 4 is 22.8 Å². The lowest BCUT2D eigenvalue weighted by molar-refractivity contribution is 0.112. The number of aryl methyl sites for hydroxylation is 3. The van der Waals surface area contributed by atoms with Crippen molar-refractivity contribution < 1.29 is 4.79 Å². The topological polar surface area (TPSA) is 33.2 Å². The number of nitrogens with zero attached hydrogens (tertiary/aromatic N) is 2. The highest BCUT2D eigenvalue weighted by Crippen LogP contribution is 2.37. The lowest BCUT2D eigenvalue weighted by Crippen LogP contribution is -2.25. The normalized spacial score (nSPS) is 11.0. The molecule has 3 nitrogen and oxygen atoms in total. The molecule has 0 saturated carbocycles. The van der Waals surface area contributed by atoms with Crippen LogP contribution in [0, 0.1) is 0 Å². The van der Waals surface area contributed by atoms with Gasteiger partial charge in [0.15, 0.2) is 11.4 Å². The van der Waals surface area contributed by atoms with Crippen LogP contribution in [0.2, 0.25) is 0 Å². The van der Waals surface area contributed by atoms with Gasteiger partial charge in [-0.1, -0.05) is 70.9 Å². The fourth-order valence-electron chi connectivity index (χ4n) is 3.62. The standard InChI is InChI=1S/C24H36N2OS/c1-6-11-13-26(14-12-7-2)24-25-23(21(17-27)28-24)22-19(9-4)15-18(8-3)16-20(22)10-5/h15-17H,6-14H2,1-5H3. The quantitative estimate of drug-likeness (QED) is 0.371. The van der Waals surface area contributed by atoms with Gasteiger partial charge in [0.25, 0.3) is 0 Å². The molecule has 28 heavy (non-hydrogen) atoms. The van der Waals surface area contributed by atoms with E-state index in [1.54, 1.807) is 11.3 Å². The van der Waals surface area contributed by atoms with Gasteiger partial charge in [-0.15, -0.1) is 0 Å². The number of hydrogen-bond donors (Lipinski definition) is 0. The number of unbranched alkanes of at least 4 members (excludes halogenated alkanes) is 2. The van der Waals surface area contributed by atoms with Gasteiger partial charge in [-0.2, -0.15) is 0 Å². The second kappa shape index (κ2) is 11.4. The summed E-state index contributed by atoms with van der Waals surface area (Å²) >= 11 is 1.56. The summed E-state index contributed by atoms with van der Waals surface area (Å²) in [5.41, 5.74) is 6.07. The molecule has 1 aromatic carbocycles. The smallest absolute Gasteiger partial charge is 0.186 e.